The zero-order valence-electron chi connectivity index (χ0n) is 20.8. The molecule has 0 saturated heterocycles. The first kappa shape index (κ1) is 28.1. The fourth-order valence-electron chi connectivity index (χ4n) is 3.55. The van der Waals surface area contributed by atoms with Gasteiger partial charge in [0.2, 0.25) is 11.6 Å². The number of rotatable bonds is 19. The number of nitrogens with zero attached hydrogens (tertiary/aromatic N) is 3. The Balaban J connectivity index is 2.16. The second-order valence-corrected chi connectivity index (χ2v) is 9.70. The van der Waals surface area contributed by atoms with Crippen LogP contribution in [0.1, 0.15) is 118 Å². The van der Waals surface area contributed by atoms with Crippen molar-refractivity contribution in [1.82, 2.24) is 15.4 Å². The fraction of sp³-hybridized carbons (Fsp3) is 0.833. The molecule has 0 saturated carbocycles. The molecule has 0 aliphatic heterocycles. The van der Waals surface area contributed by atoms with E-state index in [2.05, 4.69) is 33.1 Å². The Labute approximate surface area is 194 Å². The van der Waals surface area contributed by atoms with E-state index in [9.17, 15) is 10.1 Å². The summed E-state index contributed by atoms with van der Waals surface area (Å²) in [5.41, 5.74) is 5.48. The van der Waals surface area contributed by atoms with E-state index in [1.165, 1.54) is 83.4 Å². The molecule has 8 heteroatoms. The van der Waals surface area contributed by atoms with Crippen LogP contribution in [-0.4, -0.2) is 27.0 Å². The number of nitrogens with one attached hydrogen (secondary N) is 3. The second-order valence-electron chi connectivity index (χ2n) is 9.70. The van der Waals surface area contributed by atoms with Gasteiger partial charge in [0.1, 0.15) is 6.33 Å². The standard InChI is InChI=1S/C24H46N6O2/c1-5-6-7-8-9-10-11-12-13-14-15-16-17-18-19-25-22-21(30(31)32)23(27-20-26-22)28-29-24(2,3)4/h20,29H,5-19H2,1-4H3,(H2,25,26,27,28). The molecule has 0 radical (unpaired) electrons. The zero-order valence-corrected chi connectivity index (χ0v) is 20.8. The average Bonchev–Trinajstić information content (AvgIpc) is 2.74. The van der Waals surface area contributed by atoms with Crippen LogP contribution in [0, 0.1) is 10.1 Å². The first-order valence-electron chi connectivity index (χ1n) is 12.6. The number of hydrogen-bond acceptors (Lipinski definition) is 7. The molecular formula is C24H46N6O2. The molecule has 0 spiro atoms. The van der Waals surface area contributed by atoms with Crippen LogP contribution < -0.4 is 16.2 Å². The molecule has 0 unspecified atom stereocenters. The third kappa shape index (κ3) is 13.5. The summed E-state index contributed by atoms with van der Waals surface area (Å²) in [4.78, 5) is 19.2. The van der Waals surface area contributed by atoms with Gasteiger partial charge in [0.15, 0.2) is 0 Å². The number of unbranched alkanes of at least 4 members (excludes halogenated alkanes) is 13. The van der Waals surface area contributed by atoms with Crippen LogP contribution in [-0.2, 0) is 0 Å². The maximum Gasteiger partial charge on any atom is 0.354 e. The minimum absolute atomic E-state index is 0.130. The molecule has 184 valence electrons. The van der Waals surface area contributed by atoms with E-state index < -0.39 is 4.92 Å². The smallest absolute Gasteiger partial charge is 0.354 e. The fourth-order valence-corrected chi connectivity index (χ4v) is 3.55. The van der Waals surface area contributed by atoms with Gasteiger partial charge in [-0.1, -0.05) is 90.4 Å². The third-order valence-corrected chi connectivity index (χ3v) is 5.38. The van der Waals surface area contributed by atoms with Gasteiger partial charge in [0.05, 0.1) is 4.92 Å². The summed E-state index contributed by atoms with van der Waals surface area (Å²) in [6.45, 7) is 8.81. The summed E-state index contributed by atoms with van der Waals surface area (Å²) in [5.74, 6) is 0.432. The lowest BCUT2D eigenvalue weighted by atomic mass is 10.0. The number of aromatic nitrogens is 2. The molecule has 0 amide bonds. The number of nitro groups is 1. The Morgan fingerprint density at radius 1 is 0.812 bits per heavy atom. The molecule has 0 aliphatic rings. The van der Waals surface area contributed by atoms with Crippen molar-refractivity contribution in [1.29, 1.82) is 0 Å². The van der Waals surface area contributed by atoms with Crippen molar-refractivity contribution < 1.29 is 4.92 Å². The predicted octanol–water partition coefficient (Wildman–Crippen LogP) is 6.99. The van der Waals surface area contributed by atoms with Gasteiger partial charge in [-0.3, -0.25) is 15.5 Å². The minimum atomic E-state index is -0.444. The van der Waals surface area contributed by atoms with Gasteiger partial charge in [-0.2, -0.15) is 0 Å². The van der Waals surface area contributed by atoms with Crippen molar-refractivity contribution >= 4 is 17.3 Å². The summed E-state index contributed by atoms with van der Waals surface area (Å²) in [7, 11) is 0. The molecule has 1 heterocycles. The van der Waals surface area contributed by atoms with Crippen LogP contribution in [0.2, 0.25) is 0 Å². The Bertz CT molecular complexity index is 633. The largest absolute Gasteiger partial charge is 0.364 e. The minimum Gasteiger partial charge on any atom is -0.364 e. The summed E-state index contributed by atoms with van der Waals surface area (Å²) in [5, 5.41) is 14.7. The predicted molar refractivity (Wildman–Crippen MR) is 134 cm³/mol. The van der Waals surface area contributed by atoms with Gasteiger partial charge in [0.25, 0.3) is 0 Å². The summed E-state index contributed by atoms with van der Waals surface area (Å²) >= 11 is 0. The molecule has 0 bridgehead atoms. The van der Waals surface area contributed by atoms with E-state index in [-0.39, 0.29) is 22.9 Å². The van der Waals surface area contributed by atoms with Gasteiger partial charge < -0.3 is 5.32 Å². The lowest BCUT2D eigenvalue weighted by molar-refractivity contribution is -0.383. The highest BCUT2D eigenvalue weighted by Gasteiger charge is 2.23. The van der Waals surface area contributed by atoms with Crippen LogP contribution in [0.3, 0.4) is 0 Å². The Hall–Kier alpha value is -1.96. The van der Waals surface area contributed by atoms with Crippen molar-refractivity contribution in [2.45, 2.75) is 123 Å². The SMILES string of the molecule is CCCCCCCCCCCCCCCCNc1ncnc(NNC(C)(C)C)c1[N+](=O)[O-]. The van der Waals surface area contributed by atoms with E-state index in [0.29, 0.717) is 6.54 Å². The van der Waals surface area contributed by atoms with Crippen molar-refractivity contribution in [3.63, 3.8) is 0 Å². The maximum atomic E-state index is 11.5. The Morgan fingerprint density at radius 2 is 1.28 bits per heavy atom. The van der Waals surface area contributed by atoms with Gasteiger partial charge in [-0.15, -0.1) is 0 Å². The van der Waals surface area contributed by atoms with E-state index in [1.807, 2.05) is 20.8 Å². The molecule has 3 N–H and O–H groups in total. The van der Waals surface area contributed by atoms with Crippen LogP contribution in [0.5, 0.6) is 0 Å². The molecule has 0 fully saturated rings. The average molecular weight is 451 g/mol. The Morgan fingerprint density at radius 3 is 1.75 bits per heavy atom. The van der Waals surface area contributed by atoms with Crippen molar-refractivity contribution in [2.75, 3.05) is 17.3 Å². The molecule has 0 aliphatic carbocycles. The molecule has 32 heavy (non-hydrogen) atoms. The molecule has 1 aromatic heterocycles. The second kappa shape index (κ2) is 16.6. The quantitative estimate of drug-likeness (QED) is 0.118. The van der Waals surface area contributed by atoms with Crippen LogP contribution in [0.4, 0.5) is 17.3 Å². The summed E-state index contributed by atoms with van der Waals surface area (Å²) in [6.07, 6.45) is 19.7. The number of hydrazine groups is 1. The molecule has 1 aromatic rings. The number of anilines is 2. The van der Waals surface area contributed by atoms with E-state index >= 15 is 0 Å². The number of hydrogen-bond donors (Lipinski definition) is 3. The first-order valence-corrected chi connectivity index (χ1v) is 12.6. The molecule has 8 nitrogen and oxygen atoms in total. The lowest BCUT2D eigenvalue weighted by Gasteiger charge is -2.21. The topological polar surface area (TPSA) is 105 Å². The molecule has 0 aromatic carbocycles. The van der Waals surface area contributed by atoms with E-state index in [0.717, 1.165) is 12.8 Å². The normalized spacial score (nSPS) is 11.5. The zero-order chi connectivity index (χ0) is 23.7. The van der Waals surface area contributed by atoms with Gasteiger partial charge in [-0.05, 0) is 27.2 Å². The first-order chi connectivity index (χ1) is 15.3. The van der Waals surface area contributed by atoms with Crippen LogP contribution in [0.25, 0.3) is 0 Å². The van der Waals surface area contributed by atoms with Crippen molar-refractivity contribution in [2.24, 2.45) is 0 Å². The van der Waals surface area contributed by atoms with Crippen molar-refractivity contribution in [3.8, 4) is 0 Å². The summed E-state index contributed by atoms with van der Waals surface area (Å²) < 4.78 is 0. The highest BCUT2D eigenvalue weighted by Crippen LogP contribution is 2.28. The molecule has 1 rings (SSSR count). The monoisotopic (exact) mass is 450 g/mol. The van der Waals surface area contributed by atoms with Gasteiger partial charge in [0, 0.05) is 12.1 Å². The third-order valence-electron chi connectivity index (χ3n) is 5.38. The molecular weight excluding hydrogens is 404 g/mol. The lowest BCUT2D eigenvalue weighted by Crippen LogP contribution is -2.40. The highest BCUT2D eigenvalue weighted by atomic mass is 16.6. The van der Waals surface area contributed by atoms with Crippen molar-refractivity contribution in [3.05, 3.63) is 16.4 Å². The highest BCUT2D eigenvalue weighted by molar-refractivity contribution is 5.68. The van der Waals surface area contributed by atoms with Gasteiger partial charge in [-0.25, -0.2) is 15.4 Å². The summed E-state index contributed by atoms with van der Waals surface area (Å²) in [6, 6.07) is 0. The van der Waals surface area contributed by atoms with E-state index in [4.69, 9.17) is 0 Å². The molecule has 0 atom stereocenters. The van der Waals surface area contributed by atoms with E-state index in [1.54, 1.807) is 0 Å². The van der Waals surface area contributed by atoms with Crippen LogP contribution in [0.15, 0.2) is 6.33 Å². The maximum absolute atomic E-state index is 11.5. The van der Waals surface area contributed by atoms with Gasteiger partial charge >= 0.3 is 5.69 Å². The van der Waals surface area contributed by atoms with Crippen LogP contribution >= 0.6 is 0 Å². The Kier molecular flexibility index (Phi) is 14.6.